The van der Waals surface area contributed by atoms with E-state index < -0.39 is 0 Å². The Labute approximate surface area is 107 Å². The highest BCUT2D eigenvalue weighted by atomic mass is 16.5. The summed E-state index contributed by atoms with van der Waals surface area (Å²) in [7, 11) is 1.64. The van der Waals surface area contributed by atoms with Gasteiger partial charge in [-0.25, -0.2) is 0 Å². The van der Waals surface area contributed by atoms with E-state index in [1.165, 1.54) is 19.3 Å². The Morgan fingerprint density at radius 2 is 2.28 bits per heavy atom. The molecule has 0 aromatic carbocycles. The molecule has 0 aliphatic carbocycles. The minimum absolute atomic E-state index is 0.226. The number of nitrogens with zero attached hydrogens (tertiary/aromatic N) is 2. The van der Waals surface area contributed by atoms with Crippen LogP contribution in [0.4, 0.5) is 0 Å². The minimum atomic E-state index is 0.226. The zero-order valence-electron chi connectivity index (χ0n) is 10.9. The van der Waals surface area contributed by atoms with Crippen molar-refractivity contribution in [3.63, 3.8) is 0 Å². The van der Waals surface area contributed by atoms with Crippen LogP contribution in [0.2, 0.25) is 0 Å². The van der Waals surface area contributed by atoms with Crippen molar-refractivity contribution < 1.29 is 14.0 Å². The topological polar surface area (TPSA) is 69.4 Å². The normalized spacial score (nSPS) is 20.8. The summed E-state index contributed by atoms with van der Waals surface area (Å²) in [5.74, 6) is 1.29. The lowest BCUT2D eigenvalue weighted by Gasteiger charge is -2.09. The molecule has 1 atom stereocenters. The van der Waals surface area contributed by atoms with Crippen molar-refractivity contribution >= 4 is 0 Å². The fourth-order valence-corrected chi connectivity index (χ4v) is 2.02. The number of hydrogen-bond acceptors (Lipinski definition) is 6. The highest BCUT2D eigenvalue weighted by Gasteiger charge is 2.19. The highest BCUT2D eigenvalue weighted by molar-refractivity contribution is 4.94. The average molecular weight is 255 g/mol. The van der Waals surface area contributed by atoms with Gasteiger partial charge in [0.2, 0.25) is 0 Å². The molecule has 1 saturated heterocycles. The third-order valence-electron chi connectivity index (χ3n) is 3.01. The van der Waals surface area contributed by atoms with E-state index in [4.69, 9.17) is 14.0 Å². The number of nitrogens with one attached hydrogen (secondary N) is 1. The van der Waals surface area contributed by atoms with Crippen LogP contribution in [0.1, 0.15) is 43.4 Å². The van der Waals surface area contributed by atoms with Gasteiger partial charge in [-0.05, 0) is 19.4 Å². The maximum absolute atomic E-state index is 5.34. The van der Waals surface area contributed by atoms with Gasteiger partial charge >= 0.3 is 0 Å². The first-order valence-electron chi connectivity index (χ1n) is 6.52. The number of methoxy groups -OCH3 is 1. The minimum Gasteiger partial charge on any atom is -0.382 e. The van der Waals surface area contributed by atoms with Crippen molar-refractivity contribution in [1.29, 1.82) is 0 Å². The van der Waals surface area contributed by atoms with Gasteiger partial charge in [0.15, 0.2) is 5.82 Å². The van der Waals surface area contributed by atoms with Crippen LogP contribution < -0.4 is 5.32 Å². The zero-order valence-corrected chi connectivity index (χ0v) is 10.9. The van der Waals surface area contributed by atoms with E-state index in [1.54, 1.807) is 7.11 Å². The highest BCUT2D eigenvalue weighted by Crippen LogP contribution is 2.20. The van der Waals surface area contributed by atoms with E-state index in [0.29, 0.717) is 25.7 Å². The number of hydrogen-bond donors (Lipinski definition) is 1. The second kappa shape index (κ2) is 7.45. The van der Waals surface area contributed by atoms with Crippen LogP contribution in [0.25, 0.3) is 0 Å². The second-order valence-electron chi connectivity index (χ2n) is 4.45. The molecule has 1 unspecified atom stereocenters. The summed E-state index contributed by atoms with van der Waals surface area (Å²) < 4.78 is 15.4. The summed E-state index contributed by atoms with van der Waals surface area (Å²) in [6, 6.07) is 0.226. The number of ether oxygens (including phenoxy) is 2. The first kappa shape index (κ1) is 13.5. The van der Waals surface area contributed by atoms with Gasteiger partial charge < -0.3 is 19.3 Å². The first-order chi connectivity index (χ1) is 8.90. The Morgan fingerprint density at radius 3 is 3.17 bits per heavy atom. The largest absolute Gasteiger partial charge is 0.382 e. The van der Waals surface area contributed by atoms with Gasteiger partial charge in [-0.3, -0.25) is 0 Å². The Kier molecular flexibility index (Phi) is 5.57. The smallest absolute Gasteiger partial charge is 0.252 e. The molecule has 1 fully saturated rings. The zero-order chi connectivity index (χ0) is 12.6. The van der Waals surface area contributed by atoms with Crippen LogP contribution in [-0.4, -0.2) is 37.0 Å². The summed E-state index contributed by atoms with van der Waals surface area (Å²) in [5.41, 5.74) is 0. The summed E-state index contributed by atoms with van der Waals surface area (Å²) in [5, 5.41) is 7.46. The van der Waals surface area contributed by atoms with Gasteiger partial charge in [0.25, 0.3) is 5.89 Å². The lowest BCUT2D eigenvalue weighted by atomic mass is 10.1. The summed E-state index contributed by atoms with van der Waals surface area (Å²) in [6.07, 6.45) is 4.78. The summed E-state index contributed by atoms with van der Waals surface area (Å²) >= 11 is 0. The van der Waals surface area contributed by atoms with Crippen LogP contribution in [0.15, 0.2) is 4.52 Å². The molecule has 1 aliphatic heterocycles. The van der Waals surface area contributed by atoms with Crippen molar-refractivity contribution in [3.8, 4) is 0 Å². The van der Waals surface area contributed by atoms with Gasteiger partial charge in [-0.2, -0.15) is 4.98 Å². The SMILES string of the molecule is COCCOCc1nc(C2CCCCCN2)no1. The van der Waals surface area contributed by atoms with Gasteiger partial charge in [-0.15, -0.1) is 0 Å². The standard InChI is InChI=1S/C12H21N3O3/c1-16-7-8-17-9-11-14-12(15-18-11)10-5-3-2-4-6-13-10/h10,13H,2-9H2,1H3. The molecule has 1 N–H and O–H groups in total. The molecule has 0 saturated carbocycles. The predicted octanol–water partition coefficient (Wildman–Crippen LogP) is 1.44. The monoisotopic (exact) mass is 255 g/mol. The third kappa shape index (κ3) is 4.04. The molecule has 6 heteroatoms. The molecule has 0 bridgehead atoms. The van der Waals surface area contributed by atoms with Crippen molar-refractivity contribution in [2.75, 3.05) is 26.9 Å². The second-order valence-corrected chi connectivity index (χ2v) is 4.45. The molecule has 1 aromatic rings. The fourth-order valence-electron chi connectivity index (χ4n) is 2.02. The van der Waals surface area contributed by atoms with E-state index in [2.05, 4.69) is 15.5 Å². The molecular weight excluding hydrogens is 234 g/mol. The maximum Gasteiger partial charge on any atom is 0.252 e. The Morgan fingerprint density at radius 1 is 1.33 bits per heavy atom. The summed E-state index contributed by atoms with van der Waals surface area (Å²) in [4.78, 5) is 4.37. The Bertz CT molecular complexity index is 335. The van der Waals surface area contributed by atoms with Gasteiger partial charge in [0.1, 0.15) is 6.61 Å². The van der Waals surface area contributed by atoms with E-state index in [0.717, 1.165) is 18.8 Å². The van der Waals surface area contributed by atoms with Crippen LogP contribution in [0.5, 0.6) is 0 Å². The summed E-state index contributed by atoms with van der Waals surface area (Å²) in [6.45, 7) is 2.49. The molecule has 102 valence electrons. The molecule has 2 rings (SSSR count). The average Bonchev–Trinajstić information content (AvgIpc) is 2.69. The third-order valence-corrected chi connectivity index (χ3v) is 3.01. The van der Waals surface area contributed by atoms with Gasteiger partial charge in [0, 0.05) is 7.11 Å². The van der Waals surface area contributed by atoms with Crippen LogP contribution in [-0.2, 0) is 16.1 Å². The number of rotatable bonds is 6. The van der Waals surface area contributed by atoms with E-state index in [9.17, 15) is 0 Å². The molecular formula is C12H21N3O3. The molecule has 0 amide bonds. The molecule has 0 radical (unpaired) electrons. The van der Waals surface area contributed by atoms with Crippen molar-refractivity contribution in [2.45, 2.75) is 38.3 Å². The van der Waals surface area contributed by atoms with Gasteiger partial charge in [-0.1, -0.05) is 18.0 Å². The molecule has 18 heavy (non-hydrogen) atoms. The molecule has 1 aromatic heterocycles. The van der Waals surface area contributed by atoms with Crippen LogP contribution in [0, 0.1) is 0 Å². The van der Waals surface area contributed by atoms with E-state index >= 15 is 0 Å². The lowest BCUT2D eigenvalue weighted by molar-refractivity contribution is 0.0494. The van der Waals surface area contributed by atoms with Crippen LogP contribution in [0.3, 0.4) is 0 Å². The van der Waals surface area contributed by atoms with Crippen molar-refractivity contribution in [1.82, 2.24) is 15.5 Å². The Balaban J connectivity index is 1.81. The fraction of sp³-hybridized carbons (Fsp3) is 0.833. The quantitative estimate of drug-likeness (QED) is 0.776. The predicted molar refractivity (Wildman–Crippen MR) is 65.0 cm³/mol. The maximum atomic E-state index is 5.34. The van der Waals surface area contributed by atoms with Crippen molar-refractivity contribution in [2.24, 2.45) is 0 Å². The van der Waals surface area contributed by atoms with Crippen LogP contribution >= 0.6 is 0 Å². The Hall–Kier alpha value is -0.980. The van der Waals surface area contributed by atoms with Crippen molar-refractivity contribution in [3.05, 3.63) is 11.7 Å². The van der Waals surface area contributed by atoms with E-state index in [-0.39, 0.29) is 6.04 Å². The molecule has 6 nitrogen and oxygen atoms in total. The lowest BCUT2D eigenvalue weighted by Crippen LogP contribution is -2.21. The molecule has 1 aliphatic rings. The molecule has 2 heterocycles. The first-order valence-corrected chi connectivity index (χ1v) is 6.52. The molecule has 0 spiro atoms. The van der Waals surface area contributed by atoms with E-state index in [1.807, 2.05) is 0 Å². The van der Waals surface area contributed by atoms with Gasteiger partial charge in [0.05, 0.1) is 19.3 Å². The number of aromatic nitrogens is 2.